The summed E-state index contributed by atoms with van der Waals surface area (Å²) in [6.45, 7) is 0. The zero-order chi connectivity index (χ0) is 16.4. The first kappa shape index (κ1) is 15.1. The summed E-state index contributed by atoms with van der Waals surface area (Å²) >= 11 is 5.38. The minimum atomic E-state index is 0.458. The predicted molar refractivity (Wildman–Crippen MR) is 97.7 cm³/mol. The summed E-state index contributed by atoms with van der Waals surface area (Å²) in [5, 5.41) is 13.1. The van der Waals surface area contributed by atoms with Gasteiger partial charge in [-0.2, -0.15) is 0 Å². The standard InChI is InChI=1S/C16H19N7S/c24-16(18-11-6-2-1-3-7-11)22-21-15-19-13-9-5-4-8-12(13)14-20-17-10-23(14)15/h4-5,8-11H,1-3,6-7H2,(H,19,21)(H2,18,22,24). The van der Waals surface area contributed by atoms with Gasteiger partial charge in [0.15, 0.2) is 10.8 Å². The highest BCUT2D eigenvalue weighted by Crippen LogP contribution is 2.19. The Morgan fingerprint density at radius 2 is 2.00 bits per heavy atom. The molecule has 4 rings (SSSR count). The first-order valence-electron chi connectivity index (χ1n) is 8.22. The Labute approximate surface area is 144 Å². The third-order valence-corrected chi connectivity index (χ3v) is 4.60. The maximum Gasteiger partial charge on any atom is 0.229 e. The molecular weight excluding hydrogens is 322 g/mol. The Morgan fingerprint density at radius 1 is 1.17 bits per heavy atom. The number of hydrazine groups is 1. The first-order valence-corrected chi connectivity index (χ1v) is 8.63. The van der Waals surface area contributed by atoms with Crippen molar-refractivity contribution in [2.75, 3.05) is 5.43 Å². The second-order valence-electron chi connectivity index (χ2n) is 6.04. The van der Waals surface area contributed by atoms with E-state index in [2.05, 4.69) is 31.3 Å². The molecule has 1 saturated carbocycles. The van der Waals surface area contributed by atoms with Crippen molar-refractivity contribution in [3.05, 3.63) is 30.6 Å². The summed E-state index contributed by atoms with van der Waals surface area (Å²) in [6, 6.07) is 8.31. The number of benzene rings is 1. The number of fused-ring (bicyclic) bond motifs is 3. The van der Waals surface area contributed by atoms with Gasteiger partial charge in [0.2, 0.25) is 5.95 Å². The molecule has 1 fully saturated rings. The van der Waals surface area contributed by atoms with Gasteiger partial charge in [-0.3, -0.25) is 10.9 Å². The number of para-hydroxylation sites is 1. The maximum atomic E-state index is 5.38. The van der Waals surface area contributed by atoms with E-state index < -0.39 is 0 Å². The summed E-state index contributed by atoms with van der Waals surface area (Å²) in [6.07, 6.45) is 7.83. The van der Waals surface area contributed by atoms with Crippen molar-refractivity contribution in [3.63, 3.8) is 0 Å². The van der Waals surface area contributed by atoms with Gasteiger partial charge < -0.3 is 5.32 Å². The number of rotatable bonds is 3. The van der Waals surface area contributed by atoms with Crippen LogP contribution in [0.5, 0.6) is 0 Å². The minimum absolute atomic E-state index is 0.458. The van der Waals surface area contributed by atoms with Crippen molar-refractivity contribution in [3.8, 4) is 0 Å². The zero-order valence-electron chi connectivity index (χ0n) is 13.2. The van der Waals surface area contributed by atoms with Crippen LogP contribution in [0.1, 0.15) is 32.1 Å². The quantitative estimate of drug-likeness (QED) is 0.499. The maximum absolute atomic E-state index is 5.38. The van der Waals surface area contributed by atoms with E-state index >= 15 is 0 Å². The zero-order valence-corrected chi connectivity index (χ0v) is 14.0. The number of aromatic nitrogens is 4. The van der Waals surface area contributed by atoms with Crippen molar-refractivity contribution in [1.82, 2.24) is 30.3 Å². The summed E-state index contributed by atoms with van der Waals surface area (Å²) in [7, 11) is 0. The van der Waals surface area contributed by atoms with Crippen LogP contribution in [0.3, 0.4) is 0 Å². The number of hydrogen-bond acceptors (Lipinski definition) is 5. The van der Waals surface area contributed by atoms with Crippen LogP contribution in [-0.4, -0.2) is 30.7 Å². The Kier molecular flexibility index (Phi) is 4.12. The lowest BCUT2D eigenvalue weighted by Crippen LogP contribution is -2.45. The average molecular weight is 341 g/mol. The van der Waals surface area contributed by atoms with E-state index in [0.717, 1.165) is 16.6 Å². The van der Waals surface area contributed by atoms with Gasteiger partial charge in [-0.05, 0) is 37.2 Å². The first-order chi connectivity index (χ1) is 11.8. The highest BCUT2D eigenvalue weighted by atomic mass is 32.1. The molecule has 0 radical (unpaired) electrons. The van der Waals surface area contributed by atoms with Crippen LogP contribution in [0.15, 0.2) is 30.6 Å². The van der Waals surface area contributed by atoms with E-state index in [0.29, 0.717) is 17.1 Å². The highest BCUT2D eigenvalue weighted by Gasteiger charge is 2.14. The van der Waals surface area contributed by atoms with Crippen LogP contribution in [0, 0.1) is 0 Å². The van der Waals surface area contributed by atoms with Gasteiger partial charge in [0.25, 0.3) is 0 Å². The lowest BCUT2D eigenvalue weighted by molar-refractivity contribution is 0.412. The lowest BCUT2D eigenvalue weighted by Gasteiger charge is -2.24. The highest BCUT2D eigenvalue weighted by molar-refractivity contribution is 7.80. The molecule has 3 aromatic rings. The molecule has 24 heavy (non-hydrogen) atoms. The predicted octanol–water partition coefficient (Wildman–Crippen LogP) is 2.40. The van der Waals surface area contributed by atoms with Crippen LogP contribution >= 0.6 is 12.2 Å². The van der Waals surface area contributed by atoms with Gasteiger partial charge in [-0.25, -0.2) is 9.38 Å². The molecule has 0 saturated heterocycles. The van der Waals surface area contributed by atoms with Gasteiger partial charge in [-0.1, -0.05) is 31.4 Å². The molecule has 0 atom stereocenters. The number of nitrogens with one attached hydrogen (secondary N) is 3. The molecule has 7 nitrogen and oxygen atoms in total. The van der Waals surface area contributed by atoms with Crippen molar-refractivity contribution < 1.29 is 0 Å². The molecule has 0 aliphatic heterocycles. The van der Waals surface area contributed by atoms with Crippen LogP contribution in [0.4, 0.5) is 5.95 Å². The van der Waals surface area contributed by atoms with Crippen LogP contribution in [-0.2, 0) is 0 Å². The summed E-state index contributed by atoms with van der Waals surface area (Å²) in [4.78, 5) is 4.62. The van der Waals surface area contributed by atoms with Gasteiger partial charge in [0.05, 0.1) is 5.52 Å². The summed E-state index contributed by atoms with van der Waals surface area (Å²) in [5.74, 6) is 0.599. The number of hydrogen-bond donors (Lipinski definition) is 3. The lowest BCUT2D eigenvalue weighted by atomic mass is 9.96. The molecule has 2 heterocycles. The van der Waals surface area contributed by atoms with Gasteiger partial charge in [0.1, 0.15) is 6.33 Å². The van der Waals surface area contributed by atoms with Gasteiger partial charge in [-0.15, -0.1) is 10.2 Å². The van der Waals surface area contributed by atoms with Crippen molar-refractivity contribution in [1.29, 1.82) is 0 Å². The molecule has 1 aliphatic carbocycles. The molecule has 2 aromatic heterocycles. The molecule has 8 heteroatoms. The number of anilines is 1. The fourth-order valence-corrected chi connectivity index (χ4v) is 3.39. The van der Waals surface area contributed by atoms with E-state index in [1.165, 1.54) is 32.1 Å². The smallest absolute Gasteiger partial charge is 0.229 e. The number of thiocarbonyl (C=S) groups is 1. The SMILES string of the molecule is S=C(NNc1nc2ccccc2c2nncn12)NC1CCCCC1. The Morgan fingerprint density at radius 3 is 2.88 bits per heavy atom. The van der Waals surface area contributed by atoms with Crippen molar-refractivity contribution in [2.45, 2.75) is 38.1 Å². The van der Waals surface area contributed by atoms with Crippen LogP contribution < -0.4 is 16.2 Å². The molecule has 124 valence electrons. The van der Waals surface area contributed by atoms with Crippen LogP contribution in [0.2, 0.25) is 0 Å². The minimum Gasteiger partial charge on any atom is -0.359 e. The van der Waals surface area contributed by atoms with E-state index in [1.54, 1.807) is 10.7 Å². The molecule has 0 spiro atoms. The second kappa shape index (κ2) is 6.56. The van der Waals surface area contributed by atoms with Crippen molar-refractivity contribution >= 4 is 39.8 Å². The monoisotopic (exact) mass is 341 g/mol. The van der Waals surface area contributed by atoms with Gasteiger partial charge in [0, 0.05) is 11.4 Å². The second-order valence-corrected chi connectivity index (χ2v) is 6.44. The van der Waals surface area contributed by atoms with E-state index in [4.69, 9.17) is 12.2 Å². The molecular formula is C16H19N7S. The third-order valence-electron chi connectivity index (χ3n) is 4.38. The molecule has 1 aliphatic rings. The summed E-state index contributed by atoms with van der Waals surface area (Å²) < 4.78 is 1.80. The molecule has 0 unspecified atom stereocenters. The van der Waals surface area contributed by atoms with Crippen LogP contribution in [0.25, 0.3) is 16.6 Å². The normalized spacial score (nSPS) is 15.5. The van der Waals surface area contributed by atoms with Gasteiger partial charge >= 0.3 is 0 Å². The Bertz CT molecular complexity index is 869. The molecule has 0 amide bonds. The molecule has 3 N–H and O–H groups in total. The largest absolute Gasteiger partial charge is 0.359 e. The fraction of sp³-hybridized carbons (Fsp3) is 0.375. The molecule has 0 bridgehead atoms. The van der Waals surface area contributed by atoms with E-state index in [-0.39, 0.29) is 0 Å². The number of nitrogens with zero attached hydrogens (tertiary/aromatic N) is 4. The fourth-order valence-electron chi connectivity index (χ4n) is 3.17. The van der Waals surface area contributed by atoms with E-state index in [9.17, 15) is 0 Å². The Hall–Kier alpha value is -2.48. The third kappa shape index (κ3) is 2.96. The van der Waals surface area contributed by atoms with Crippen molar-refractivity contribution in [2.24, 2.45) is 0 Å². The average Bonchev–Trinajstić information content (AvgIpc) is 3.11. The topological polar surface area (TPSA) is 79.2 Å². The molecule has 1 aromatic carbocycles. The Balaban J connectivity index is 1.51. The summed E-state index contributed by atoms with van der Waals surface area (Å²) in [5.41, 5.74) is 7.71. The van der Waals surface area contributed by atoms with E-state index in [1.807, 2.05) is 24.3 Å².